The van der Waals surface area contributed by atoms with Crippen molar-refractivity contribution < 1.29 is 29.0 Å². The van der Waals surface area contributed by atoms with Crippen LogP contribution in [-0.4, -0.2) is 122 Å². The number of methoxy groups -OCH3 is 1. The van der Waals surface area contributed by atoms with Gasteiger partial charge in [-0.25, -0.2) is 4.79 Å². The van der Waals surface area contributed by atoms with E-state index in [0.717, 1.165) is 12.7 Å². The fourth-order valence-corrected chi connectivity index (χ4v) is 2.95. The molecule has 27 heavy (non-hydrogen) atoms. The lowest BCUT2D eigenvalue weighted by Gasteiger charge is -2.34. The summed E-state index contributed by atoms with van der Waals surface area (Å²) in [5, 5.41) is 9.43. The van der Waals surface area contributed by atoms with Crippen LogP contribution in [-0.2, 0) is 19.1 Å². The summed E-state index contributed by atoms with van der Waals surface area (Å²) in [5.41, 5.74) is 0. The van der Waals surface area contributed by atoms with Crippen molar-refractivity contribution in [2.45, 2.75) is 18.9 Å². The van der Waals surface area contributed by atoms with Gasteiger partial charge in [-0.1, -0.05) is 0 Å². The number of likely N-dealkylation sites (N-methyl/N-ethyl adjacent to an activating group) is 1. The number of esters is 1. The topological polar surface area (TPSA) is 111 Å². The highest BCUT2D eigenvalue weighted by atomic mass is 16.5. The number of amides is 2. The molecule has 1 aliphatic heterocycles. The fraction of sp³-hybridized carbons (Fsp3) is 0.765. The molecule has 154 valence electrons. The third kappa shape index (κ3) is 8.35. The average molecular weight is 386 g/mol. The van der Waals surface area contributed by atoms with Crippen LogP contribution in [0.1, 0.15) is 12.8 Å². The molecule has 0 aliphatic carbocycles. The summed E-state index contributed by atoms with van der Waals surface area (Å²) in [6.07, 6.45) is 0.689. The van der Waals surface area contributed by atoms with E-state index in [9.17, 15) is 24.3 Å². The Morgan fingerprint density at radius 3 is 2.22 bits per heavy atom. The van der Waals surface area contributed by atoms with Gasteiger partial charge in [-0.3, -0.25) is 14.5 Å². The van der Waals surface area contributed by atoms with Crippen molar-refractivity contribution in [2.24, 2.45) is 0 Å². The number of carbonyl (C=O) groups excluding carboxylic acids is 3. The van der Waals surface area contributed by atoms with E-state index >= 15 is 0 Å². The van der Waals surface area contributed by atoms with Crippen molar-refractivity contribution in [1.29, 1.82) is 0 Å². The normalized spacial score (nSPS) is 19.5. The van der Waals surface area contributed by atoms with Crippen LogP contribution in [0.25, 0.3) is 0 Å². The summed E-state index contributed by atoms with van der Waals surface area (Å²) < 4.78 is 4.71. The molecule has 0 aromatic heterocycles. The molecule has 1 fully saturated rings. The van der Waals surface area contributed by atoms with Gasteiger partial charge in [-0.05, 0) is 7.05 Å². The number of carboxylic acid groups (broad SMARTS) is 1. The Morgan fingerprint density at radius 1 is 1.04 bits per heavy atom. The highest BCUT2D eigenvalue weighted by Gasteiger charge is 2.24. The zero-order valence-corrected chi connectivity index (χ0v) is 16.1. The molecule has 2 amide bonds. The van der Waals surface area contributed by atoms with E-state index in [2.05, 4.69) is 0 Å². The zero-order chi connectivity index (χ0) is 20.2. The summed E-state index contributed by atoms with van der Waals surface area (Å²) in [5.74, 6) is -0.433. The molecule has 1 unspecified atom stereocenters. The van der Waals surface area contributed by atoms with Gasteiger partial charge < -0.3 is 29.3 Å². The van der Waals surface area contributed by atoms with Crippen LogP contribution >= 0.6 is 0 Å². The molecule has 0 aromatic carbocycles. The quantitative estimate of drug-likeness (QED) is 0.466. The summed E-state index contributed by atoms with van der Waals surface area (Å²) >= 11 is 0. The first-order valence-corrected chi connectivity index (χ1v) is 9.01. The molecule has 1 saturated heterocycles. The Morgan fingerprint density at radius 2 is 1.63 bits per heavy atom. The van der Waals surface area contributed by atoms with Crippen molar-refractivity contribution >= 4 is 24.8 Å². The van der Waals surface area contributed by atoms with Crippen molar-refractivity contribution in [2.75, 3.05) is 66.5 Å². The summed E-state index contributed by atoms with van der Waals surface area (Å²) in [6, 6.07) is -0.398. The van der Waals surface area contributed by atoms with Crippen LogP contribution in [0.15, 0.2) is 0 Å². The smallest absolute Gasteiger partial charge is 0.407 e. The molecule has 1 heterocycles. The van der Waals surface area contributed by atoms with Crippen LogP contribution in [0.2, 0.25) is 0 Å². The van der Waals surface area contributed by atoms with Crippen LogP contribution in [0.5, 0.6) is 0 Å². The highest BCUT2D eigenvalue weighted by molar-refractivity contribution is 5.70. The number of rotatable bonds is 6. The Labute approximate surface area is 159 Å². The van der Waals surface area contributed by atoms with Crippen molar-refractivity contribution in [1.82, 2.24) is 19.6 Å². The molecule has 0 bridgehead atoms. The Hall–Kier alpha value is -2.20. The number of nitrogens with zero attached hydrogens (tertiary/aromatic N) is 4. The third-order valence-electron chi connectivity index (χ3n) is 4.79. The van der Waals surface area contributed by atoms with Crippen molar-refractivity contribution in [3.63, 3.8) is 0 Å². The maximum absolute atomic E-state index is 11.7. The van der Waals surface area contributed by atoms with Crippen molar-refractivity contribution in [3.8, 4) is 0 Å². The number of ether oxygens (including phenoxy) is 1. The van der Waals surface area contributed by atoms with Gasteiger partial charge in [0.05, 0.1) is 13.5 Å². The van der Waals surface area contributed by atoms with Crippen LogP contribution in [0.4, 0.5) is 4.79 Å². The number of carbonyl (C=O) groups is 4. The summed E-state index contributed by atoms with van der Waals surface area (Å²) in [7, 11) is 3.17. The highest BCUT2D eigenvalue weighted by Crippen LogP contribution is 2.10. The first kappa shape index (κ1) is 22.8. The van der Waals surface area contributed by atoms with Gasteiger partial charge in [0, 0.05) is 64.8 Å². The molecule has 1 aliphatic rings. The van der Waals surface area contributed by atoms with Gasteiger partial charge in [0.25, 0.3) is 0 Å². The van der Waals surface area contributed by atoms with E-state index in [1.807, 2.05) is 16.8 Å². The molecule has 1 N–H and O–H groups in total. The second kappa shape index (κ2) is 12.2. The van der Waals surface area contributed by atoms with E-state index in [0.29, 0.717) is 45.8 Å². The van der Waals surface area contributed by atoms with E-state index in [-0.39, 0.29) is 19.4 Å². The Bertz CT molecular complexity index is 504. The molecule has 1 rings (SSSR count). The van der Waals surface area contributed by atoms with E-state index in [1.165, 1.54) is 12.0 Å². The van der Waals surface area contributed by atoms with E-state index in [1.54, 1.807) is 4.90 Å². The van der Waals surface area contributed by atoms with Crippen LogP contribution < -0.4 is 0 Å². The van der Waals surface area contributed by atoms with Crippen molar-refractivity contribution in [3.05, 3.63) is 0 Å². The van der Waals surface area contributed by atoms with Gasteiger partial charge in [0.2, 0.25) is 6.41 Å². The first-order chi connectivity index (χ1) is 12.9. The molecular weight excluding hydrogens is 356 g/mol. The molecule has 0 aromatic rings. The summed E-state index contributed by atoms with van der Waals surface area (Å²) in [4.78, 5) is 52.5. The first-order valence-electron chi connectivity index (χ1n) is 9.01. The lowest BCUT2D eigenvalue weighted by Crippen LogP contribution is -2.49. The zero-order valence-electron chi connectivity index (χ0n) is 16.1. The second-order valence-corrected chi connectivity index (χ2v) is 6.59. The molecule has 0 saturated carbocycles. The Balaban J connectivity index is 2.95. The maximum Gasteiger partial charge on any atom is 0.407 e. The largest absolute Gasteiger partial charge is 0.469 e. The minimum atomic E-state index is -1.00. The molecular formula is C17H30N4O6. The summed E-state index contributed by atoms with van der Waals surface area (Å²) in [6.45, 7) is 3.53. The minimum Gasteiger partial charge on any atom is -0.469 e. The van der Waals surface area contributed by atoms with Crippen LogP contribution in [0.3, 0.4) is 0 Å². The number of aldehydes is 1. The molecule has 1 atom stereocenters. The molecule has 10 heteroatoms. The van der Waals surface area contributed by atoms with Gasteiger partial charge in [0.15, 0.2) is 0 Å². The van der Waals surface area contributed by atoms with E-state index in [4.69, 9.17) is 4.74 Å². The third-order valence-corrected chi connectivity index (χ3v) is 4.79. The lowest BCUT2D eigenvalue weighted by atomic mass is 10.1. The predicted molar refractivity (Wildman–Crippen MR) is 97.4 cm³/mol. The second-order valence-electron chi connectivity index (χ2n) is 6.59. The standard InChI is InChI=1S/C17H30N4O6/c1-18-4-6-19(14-23)7-9-20(10-11-21(8-5-18)17(25)26)15(3-12-22)13-16(24)27-2/h12,14-15H,3-11,13H2,1-2H3,(H,25,26). The van der Waals surface area contributed by atoms with E-state index < -0.39 is 18.1 Å². The Kier molecular flexibility index (Phi) is 10.3. The van der Waals surface area contributed by atoms with Crippen LogP contribution in [0, 0.1) is 0 Å². The van der Waals surface area contributed by atoms with Gasteiger partial charge in [-0.15, -0.1) is 0 Å². The number of hydrogen-bond acceptors (Lipinski definition) is 7. The van der Waals surface area contributed by atoms with Gasteiger partial charge in [0.1, 0.15) is 6.29 Å². The molecule has 0 radical (unpaired) electrons. The minimum absolute atomic E-state index is 0.0339. The lowest BCUT2D eigenvalue weighted by molar-refractivity contribution is -0.142. The maximum atomic E-state index is 11.7. The predicted octanol–water partition coefficient (Wildman–Crippen LogP) is -0.807. The SMILES string of the molecule is COC(=O)CC(CC=O)N1CCN(C=O)CCN(C)CCN(C(=O)O)CC1. The molecule has 0 spiro atoms. The number of hydrogen-bond donors (Lipinski definition) is 1. The monoisotopic (exact) mass is 386 g/mol. The molecule has 10 nitrogen and oxygen atoms in total. The van der Waals surface area contributed by atoms with Gasteiger partial charge >= 0.3 is 12.1 Å². The average Bonchev–Trinajstić information content (AvgIpc) is 2.64. The van der Waals surface area contributed by atoms with Gasteiger partial charge in [-0.2, -0.15) is 0 Å². The fourth-order valence-electron chi connectivity index (χ4n) is 2.95.